The second-order valence-corrected chi connectivity index (χ2v) is 8.70. The second-order valence-electron chi connectivity index (χ2n) is 8.70. The molecule has 1 aliphatic carbocycles. The molecule has 1 aromatic heterocycles. The lowest BCUT2D eigenvalue weighted by molar-refractivity contribution is -0.144. The van der Waals surface area contributed by atoms with Crippen molar-refractivity contribution in [3.8, 4) is 0 Å². The number of hydrogen-bond acceptors (Lipinski definition) is 4. The lowest BCUT2D eigenvalue weighted by Gasteiger charge is -2.48. The first-order valence-electron chi connectivity index (χ1n) is 10.2. The summed E-state index contributed by atoms with van der Waals surface area (Å²) >= 11 is 0. The van der Waals surface area contributed by atoms with Gasteiger partial charge in [-0.1, -0.05) is 0 Å². The minimum atomic E-state index is 0.119. The molecule has 0 radical (unpaired) electrons. The van der Waals surface area contributed by atoms with Gasteiger partial charge in [0.25, 0.3) is 0 Å². The number of pyridine rings is 1. The van der Waals surface area contributed by atoms with E-state index in [0.717, 1.165) is 58.3 Å². The quantitative estimate of drug-likeness (QED) is 0.794. The van der Waals surface area contributed by atoms with E-state index in [0.29, 0.717) is 24.9 Å². The van der Waals surface area contributed by atoms with Crippen LogP contribution in [0.15, 0.2) is 24.5 Å². The van der Waals surface area contributed by atoms with Gasteiger partial charge < -0.3 is 9.80 Å². The highest BCUT2D eigenvalue weighted by Gasteiger charge is 2.46. The average Bonchev–Trinajstić information content (AvgIpc) is 3.50. The number of amides is 2. The van der Waals surface area contributed by atoms with E-state index in [9.17, 15) is 9.59 Å². The Morgan fingerprint density at radius 2 is 2.04 bits per heavy atom. The number of piperidine rings is 2. The fourth-order valence-electron chi connectivity index (χ4n) is 4.70. The number of carbonyl (C=O) groups is 2. The van der Waals surface area contributed by atoms with Crippen LogP contribution in [0.3, 0.4) is 0 Å². The number of aromatic nitrogens is 1. The molecule has 3 heterocycles. The molecule has 1 saturated carbocycles. The van der Waals surface area contributed by atoms with Gasteiger partial charge in [-0.3, -0.25) is 19.5 Å². The maximum absolute atomic E-state index is 12.9. The molecule has 146 valence electrons. The Hall–Kier alpha value is -1.95. The van der Waals surface area contributed by atoms with E-state index in [2.05, 4.69) is 14.8 Å². The summed E-state index contributed by atoms with van der Waals surface area (Å²) in [5.74, 6) is 0.532. The van der Waals surface area contributed by atoms with Gasteiger partial charge in [-0.25, -0.2) is 0 Å². The molecule has 6 heteroatoms. The highest BCUT2D eigenvalue weighted by molar-refractivity contribution is 5.79. The van der Waals surface area contributed by atoms with Crippen molar-refractivity contribution in [2.24, 2.45) is 5.41 Å². The maximum atomic E-state index is 12.9. The molecular weight excluding hydrogens is 340 g/mol. The standard InChI is InChI=1S/C21H30N4O2/c1-23(13-17-6-10-22-11-7-17)14-20(27)24-12-2-8-21(15-24)9-5-19(26)25(16-21)18-3-4-18/h6-7,10-11,18H,2-5,8-9,12-16H2,1H3/t21-/m0/s1. The number of likely N-dealkylation sites (tertiary alicyclic amines) is 2. The molecule has 1 spiro atoms. The van der Waals surface area contributed by atoms with Crippen LogP contribution in [0.4, 0.5) is 0 Å². The molecule has 4 rings (SSSR count). The number of hydrogen-bond donors (Lipinski definition) is 0. The molecule has 1 atom stereocenters. The number of carbonyl (C=O) groups excluding carboxylic acids is 2. The van der Waals surface area contributed by atoms with Gasteiger partial charge in [-0.15, -0.1) is 0 Å². The number of likely N-dealkylation sites (N-methyl/N-ethyl adjacent to an activating group) is 1. The van der Waals surface area contributed by atoms with Gasteiger partial charge in [0.2, 0.25) is 11.8 Å². The minimum Gasteiger partial charge on any atom is -0.341 e. The van der Waals surface area contributed by atoms with Crippen LogP contribution in [0.2, 0.25) is 0 Å². The van der Waals surface area contributed by atoms with Crippen LogP contribution in [0, 0.1) is 5.41 Å². The topological polar surface area (TPSA) is 56.8 Å². The Labute approximate surface area is 161 Å². The van der Waals surface area contributed by atoms with E-state index in [1.807, 2.05) is 24.1 Å². The van der Waals surface area contributed by atoms with Crippen molar-refractivity contribution >= 4 is 11.8 Å². The van der Waals surface area contributed by atoms with Gasteiger partial charge in [0.05, 0.1) is 6.54 Å². The van der Waals surface area contributed by atoms with Crippen LogP contribution in [-0.4, -0.2) is 70.8 Å². The summed E-state index contributed by atoms with van der Waals surface area (Å²) in [5, 5.41) is 0. The molecule has 3 fully saturated rings. The average molecular weight is 370 g/mol. The first-order chi connectivity index (χ1) is 13.0. The summed E-state index contributed by atoms with van der Waals surface area (Å²) in [5.41, 5.74) is 1.29. The van der Waals surface area contributed by atoms with Gasteiger partial charge in [-0.05, 0) is 56.8 Å². The molecule has 2 saturated heterocycles. The van der Waals surface area contributed by atoms with Crippen molar-refractivity contribution in [3.05, 3.63) is 30.1 Å². The van der Waals surface area contributed by atoms with E-state index < -0.39 is 0 Å². The molecule has 2 aliphatic heterocycles. The number of nitrogens with zero attached hydrogens (tertiary/aromatic N) is 4. The predicted molar refractivity (Wildman–Crippen MR) is 103 cm³/mol. The van der Waals surface area contributed by atoms with Crippen molar-refractivity contribution < 1.29 is 9.59 Å². The SMILES string of the molecule is CN(CC(=O)N1CCC[C@]2(CCC(=O)N(C3CC3)C2)C1)Cc1ccncc1. The van der Waals surface area contributed by atoms with E-state index >= 15 is 0 Å². The van der Waals surface area contributed by atoms with E-state index in [4.69, 9.17) is 0 Å². The molecule has 1 aromatic rings. The lowest BCUT2D eigenvalue weighted by atomic mass is 9.73. The molecule has 0 N–H and O–H groups in total. The smallest absolute Gasteiger partial charge is 0.236 e. The van der Waals surface area contributed by atoms with Gasteiger partial charge in [-0.2, -0.15) is 0 Å². The van der Waals surface area contributed by atoms with E-state index in [1.54, 1.807) is 12.4 Å². The Balaban J connectivity index is 1.34. The van der Waals surface area contributed by atoms with Gasteiger partial charge >= 0.3 is 0 Å². The van der Waals surface area contributed by atoms with E-state index in [1.165, 1.54) is 5.56 Å². The third kappa shape index (κ3) is 4.32. The van der Waals surface area contributed by atoms with Gasteiger partial charge in [0.1, 0.15) is 0 Å². The summed E-state index contributed by atoms with van der Waals surface area (Å²) < 4.78 is 0. The molecule has 0 unspecified atom stereocenters. The summed E-state index contributed by atoms with van der Waals surface area (Å²) in [6, 6.07) is 4.46. The zero-order valence-electron chi connectivity index (χ0n) is 16.3. The predicted octanol–water partition coefficient (Wildman–Crippen LogP) is 1.91. The zero-order chi connectivity index (χ0) is 18.9. The van der Waals surface area contributed by atoms with Crippen molar-refractivity contribution in [2.75, 3.05) is 33.2 Å². The normalized spacial score (nSPS) is 26.1. The fourth-order valence-corrected chi connectivity index (χ4v) is 4.70. The molecule has 0 aromatic carbocycles. The van der Waals surface area contributed by atoms with Crippen LogP contribution >= 0.6 is 0 Å². The Morgan fingerprint density at radius 3 is 2.78 bits per heavy atom. The van der Waals surface area contributed by atoms with Crippen LogP contribution in [0.5, 0.6) is 0 Å². The molecule has 3 aliphatic rings. The van der Waals surface area contributed by atoms with E-state index in [-0.39, 0.29) is 11.3 Å². The molecule has 0 bridgehead atoms. The first-order valence-corrected chi connectivity index (χ1v) is 10.2. The van der Waals surface area contributed by atoms with Crippen LogP contribution in [0.1, 0.15) is 44.1 Å². The summed E-state index contributed by atoms with van der Waals surface area (Å²) in [4.78, 5) is 35.5. The largest absolute Gasteiger partial charge is 0.341 e. The third-order valence-electron chi connectivity index (χ3n) is 6.30. The van der Waals surface area contributed by atoms with Gasteiger partial charge in [0.15, 0.2) is 0 Å². The molecule has 6 nitrogen and oxygen atoms in total. The number of rotatable bonds is 5. The summed E-state index contributed by atoms with van der Waals surface area (Å²) in [6.45, 7) is 3.69. The lowest BCUT2D eigenvalue weighted by Crippen LogP contribution is -2.56. The van der Waals surface area contributed by atoms with Crippen LogP contribution in [0.25, 0.3) is 0 Å². The molecular formula is C21H30N4O2. The Bertz CT molecular complexity index is 691. The highest BCUT2D eigenvalue weighted by atomic mass is 16.2. The first kappa shape index (κ1) is 18.4. The molecule has 27 heavy (non-hydrogen) atoms. The van der Waals surface area contributed by atoms with Crippen molar-refractivity contribution in [3.63, 3.8) is 0 Å². The zero-order valence-corrected chi connectivity index (χ0v) is 16.3. The Kier molecular flexibility index (Phi) is 5.17. The third-order valence-corrected chi connectivity index (χ3v) is 6.30. The van der Waals surface area contributed by atoms with Crippen molar-refractivity contribution in [1.29, 1.82) is 0 Å². The monoisotopic (exact) mass is 370 g/mol. The fraction of sp³-hybridized carbons (Fsp3) is 0.667. The minimum absolute atomic E-state index is 0.119. The van der Waals surface area contributed by atoms with Crippen LogP contribution in [-0.2, 0) is 16.1 Å². The van der Waals surface area contributed by atoms with Gasteiger partial charge in [0, 0.05) is 56.5 Å². The highest BCUT2D eigenvalue weighted by Crippen LogP contribution is 2.42. The summed E-state index contributed by atoms with van der Waals surface area (Å²) in [7, 11) is 1.99. The van der Waals surface area contributed by atoms with Crippen LogP contribution < -0.4 is 0 Å². The van der Waals surface area contributed by atoms with Crippen molar-refractivity contribution in [1.82, 2.24) is 19.7 Å². The maximum Gasteiger partial charge on any atom is 0.236 e. The second kappa shape index (κ2) is 7.58. The Morgan fingerprint density at radius 1 is 1.26 bits per heavy atom. The van der Waals surface area contributed by atoms with Crippen molar-refractivity contribution in [2.45, 2.75) is 51.1 Å². The molecule has 2 amide bonds. The summed E-state index contributed by atoms with van der Waals surface area (Å²) in [6.07, 6.45) is 9.66.